The van der Waals surface area contributed by atoms with Crippen molar-refractivity contribution < 1.29 is 0 Å². The zero-order chi connectivity index (χ0) is 7.11. The summed E-state index contributed by atoms with van der Waals surface area (Å²) in [6.07, 6.45) is 5.32. The molecule has 0 spiro atoms. The summed E-state index contributed by atoms with van der Waals surface area (Å²) in [7, 11) is 0. The Labute approximate surface area is 71.5 Å². The number of hydrogen-bond acceptors (Lipinski definition) is 1. The molecule has 0 aromatic carbocycles. The van der Waals surface area contributed by atoms with E-state index in [9.17, 15) is 0 Å². The van der Waals surface area contributed by atoms with Gasteiger partial charge in [-0.3, -0.25) is 0 Å². The van der Waals surface area contributed by atoms with Crippen molar-refractivity contribution >= 4 is 22.5 Å². The SMILES string of the molecule is CC(N)CCCC[CH2][Sn]. The van der Waals surface area contributed by atoms with E-state index in [2.05, 4.69) is 6.92 Å². The van der Waals surface area contributed by atoms with Gasteiger partial charge in [0.15, 0.2) is 0 Å². The van der Waals surface area contributed by atoms with Gasteiger partial charge in [-0.15, -0.1) is 0 Å². The zero-order valence-corrected chi connectivity index (χ0v) is 9.04. The molecule has 0 amide bonds. The van der Waals surface area contributed by atoms with E-state index in [0.717, 1.165) is 0 Å². The molecule has 0 fully saturated rings. The summed E-state index contributed by atoms with van der Waals surface area (Å²) in [6.45, 7) is 2.08. The molecule has 3 radical (unpaired) electrons. The second-order valence-corrected chi connectivity index (χ2v) is 4.00. The minimum absolute atomic E-state index is 0.412. The molecule has 0 saturated carbocycles. The minimum atomic E-state index is 0.412. The molecule has 0 saturated heterocycles. The van der Waals surface area contributed by atoms with Crippen LogP contribution in [0.3, 0.4) is 0 Å². The van der Waals surface area contributed by atoms with Crippen LogP contribution in [0, 0.1) is 0 Å². The van der Waals surface area contributed by atoms with E-state index in [0.29, 0.717) is 6.04 Å². The molecule has 0 aromatic rings. The van der Waals surface area contributed by atoms with E-state index in [4.69, 9.17) is 5.73 Å². The molecule has 0 aliphatic heterocycles. The summed E-state index contributed by atoms with van der Waals surface area (Å²) in [5.41, 5.74) is 5.58. The molecule has 9 heavy (non-hydrogen) atoms. The van der Waals surface area contributed by atoms with Gasteiger partial charge in [-0.05, 0) is 0 Å². The average molecular weight is 233 g/mol. The summed E-state index contributed by atoms with van der Waals surface area (Å²) in [5, 5.41) is 0. The van der Waals surface area contributed by atoms with Gasteiger partial charge in [0.25, 0.3) is 0 Å². The summed E-state index contributed by atoms with van der Waals surface area (Å²) < 4.78 is 1.41. The molecule has 0 heterocycles. The fraction of sp³-hybridized carbons (Fsp3) is 1.00. The van der Waals surface area contributed by atoms with E-state index in [1.165, 1.54) is 30.1 Å². The first kappa shape index (κ1) is 9.76. The number of hydrogen-bond donors (Lipinski definition) is 1. The van der Waals surface area contributed by atoms with Crippen LogP contribution in [0.15, 0.2) is 0 Å². The summed E-state index contributed by atoms with van der Waals surface area (Å²) >= 11 is 1.67. The molecule has 1 atom stereocenters. The Morgan fingerprint density at radius 2 is 2.00 bits per heavy atom. The second kappa shape index (κ2) is 6.87. The molecular weight excluding hydrogens is 217 g/mol. The van der Waals surface area contributed by atoms with Crippen molar-refractivity contribution in [3.05, 3.63) is 0 Å². The van der Waals surface area contributed by atoms with Crippen LogP contribution >= 0.6 is 0 Å². The molecule has 1 nitrogen and oxygen atoms in total. The fourth-order valence-corrected chi connectivity index (χ4v) is 1.48. The van der Waals surface area contributed by atoms with E-state index in [-0.39, 0.29) is 0 Å². The fourth-order valence-electron chi connectivity index (χ4n) is 0.768. The van der Waals surface area contributed by atoms with Crippen molar-refractivity contribution in [1.82, 2.24) is 0 Å². The summed E-state index contributed by atoms with van der Waals surface area (Å²) in [4.78, 5) is 0. The molecule has 0 aromatic heterocycles. The van der Waals surface area contributed by atoms with Crippen LogP contribution in [0.2, 0.25) is 4.44 Å². The van der Waals surface area contributed by atoms with Crippen LogP contribution in [0.5, 0.6) is 0 Å². The monoisotopic (exact) mass is 234 g/mol. The van der Waals surface area contributed by atoms with E-state index in [1.54, 1.807) is 22.5 Å². The molecule has 0 bridgehead atoms. The first-order chi connectivity index (χ1) is 4.27. The van der Waals surface area contributed by atoms with Crippen molar-refractivity contribution in [3.63, 3.8) is 0 Å². The van der Waals surface area contributed by atoms with Crippen molar-refractivity contribution in [3.8, 4) is 0 Å². The van der Waals surface area contributed by atoms with Crippen LogP contribution in [-0.4, -0.2) is 28.6 Å². The van der Waals surface area contributed by atoms with Gasteiger partial charge in [0.2, 0.25) is 0 Å². The number of nitrogens with two attached hydrogens (primary N) is 1. The Hall–Kier alpha value is 0.759. The van der Waals surface area contributed by atoms with E-state index in [1.807, 2.05) is 0 Å². The van der Waals surface area contributed by atoms with Crippen molar-refractivity contribution in [2.24, 2.45) is 5.73 Å². The van der Waals surface area contributed by atoms with E-state index < -0.39 is 0 Å². The predicted octanol–water partition coefficient (Wildman–Crippen LogP) is 1.48. The van der Waals surface area contributed by atoms with E-state index >= 15 is 0 Å². The topological polar surface area (TPSA) is 26.0 Å². The van der Waals surface area contributed by atoms with Crippen LogP contribution in [0.4, 0.5) is 0 Å². The Balaban J connectivity index is 2.75. The van der Waals surface area contributed by atoms with Gasteiger partial charge < -0.3 is 0 Å². The molecule has 0 aliphatic carbocycles. The van der Waals surface area contributed by atoms with Gasteiger partial charge >= 0.3 is 71.3 Å². The maximum absolute atomic E-state index is 5.58. The standard InChI is InChI=1S/C7H16N.Sn/c1-3-4-5-6-7(2)8;/h7H,1,3-6,8H2,2H3;. The molecular formula is C7H16NSn. The van der Waals surface area contributed by atoms with Gasteiger partial charge in [0.1, 0.15) is 0 Å². The summed E-state index contributed by atoms with van der Waals surface area (Å²) in [6, 6.07) is 0.412. The van der Waals surface area contributed by atoms with Gasteiger partial charge in [0, 0.05) is 0 Å². The van der Waals surface area contributed by atoms with Crippen LogP contribution < -0.4 is 5.73 Å². The predicted molar refractivity (Wildman–Crippen MR) is 42.7 cm³/mol. The summed E-state index contributed by atoms with van der Waals surface area (Å²) in [5.74, 6) is 0. The zero-order valence-electron chi connectivity index (χ0n) is 6.19. The van der Waals surface area contributed by atoms with Crippen molar-refractivity contribution in [2.45, 2.75) is 43.1 Å². The van der Waals surface area contributed by atoms with Gasteiger partial charge in [-0.2, -0.15) is 0 Å². The third kappa shape index (κ3) is 8.76. The Morgan fingerprint density at radius 3 is 2.44 bits per heavy atom. The molecule has 0 aliphatic rings. The third-order valence-electron chi connectivity index (χ3n) is 1.34. The molecule has 2 N–H and O–H groups in total. The quantitative estimate of drug-likeness (QED) is 0.564. The third-order valence-corrected chi connectivity index (χ3v) is 2.35. The molecule has 1 unspecified atom stereocenters. The van der Waals surface area contributed by atoms with Crippen molar-refractivity contribution in [2.75, 3.05) is 0 Å². The molecule has 2 heteroatoms. The van der Waals surface area contributed by atoms with Gasteiger partial charge in [0.05, 0.1) is 0 Å². The van der Waals surface area contributed by atoms with Gasteiger partial charge in [-0.1, -0.05) is 0 Å². The van der Waals surface area contributed by atoms with Crippen LogP contribution in [-0.2, 0) is 0 Å². The first-order valence-electron chi connectivity index (χ1n) is 3.67. The molecule has 53 valence electrons. The maximum atomic E-state index is 5.58. The molecule has 0 rings (SSSR count). The number of rotatable bonds is 5. The van der Waals surface area contributed by atoms with Crippen molar-refractivity contribution in [1.29, 1.82) is 0 Å². The van der Waals surface area contributed by atoms with Gasteiger partial charge in [-0.25, -0.2) is 0 Å². The Bertz CT molecular complexity index is 54.9. The van der Waals surface area contributed by atoms with Crippen LogP contribution in [0.1, 0.15) is 32.6 Å². The Kier molecular flexibility index (Phi) is 7.45. The second-order valence-electron chi connectivity index (χ2n) is 2.58. The first-order valence-corrected chi connectivity index (χ1v) is 5.69. The van der Waals surface area contributed by atoms with Crippen LogP contribution in [0.25, 0.3) is 0 Å². The number of unbranched alkanes of at least 4 members (excludes halogenated alkanes) is 2. The normalized spacial score (nSPS) is 13.7. The average Bonchev–Trinajstić information content (AvgIpc) is 1.80. The Morgan fingerprint density at radius 1 is 1.33 bits per heavy atom.